The van der Waals surface area contributed by atoms with Crippen molar-refractivity contribution in [2.75, 3.05) is 7.05 Å². The normalized spacial score (nSPS) is 15.7. The molecular weight excluding hydrogens is 344 g/mol. The summed E-state index contributed by atoms with van der Waals surface area (Å²) in [7, 11) is 1.59. The van der Waals surface area contributed by atoms with E-state index in [1.165, 1.54) is 4.90 Å². The number of nitrogens with zero attached hydrogens (tertiary/aromatic N) is 2. The number of carbonyl (C=O) groups excluding carboxylic acids is 1. The number of ether oxygens (including phenoxy) is 1. The molecule has 0 bridgehead atoms. The van der Waals surface area contributed by atoms with Gasteiger partial charge in [0.15, 0.2) is 0 Å². The Kier molecular flexibility index (Phi) is 5.74. The summed E-state index contributed by atoms with van der Waals surface area (Å²) >= 11 is 0. The molecule has 6 nitrogen and oxygen atoms in total. The van der Waals surface area contributed by atoms with Gasteiger partial charge in [0.25, 0.3) is 5.91 Å². The number of amides is 1. The van der Waals surface area contributed by atoms with Crippen LogP contribution in [0.3, 0.4) is 0 Å². The summed E-state index contributed by atoms with van der Waals surface area (Å²) in [5, 5.41) is 9.80. The van der Waals surface area contributed by atoms with E-state index in [1.807, 2.05) is 12.1 Å². The standard InChI is InChI=1S/C21H24N2O4/c1-23(21(20(25)26)10-3-2-4-11-21)19(24)17-8-5-9-18(13-17)27-15-16-7-6-12-22-14-16/h5-9,12-14H,2-4,10-11,15H2,1H3,(H,25,26). The number of hydrogen-bond donors (Lipinski definition) is 1. The first kappa shape index (κ1) is 18.9. The molecule has 2 aromatic rings. The van der Waals surface area contributed by atoms with E-state index in [0.29, 0.717) is 30.8 Å². The van der Waals surface area contributed by atoms with Crippen LogP contribution in [0.25, 0.3) is 0 Å². The lowest BCUT2D eigenvalue weighted by molar-refractivity contribution is -0.151. The van der Waals surface area contributed by atoms with Gasteiger partial charge in [-0.2, -0.15) is 0 Å². The van der Waals surface area contributed by atoms with Crippen molar-refractivity contribution in [1.82, 2.24) is 9.88 Å². The molecule has 0 radical (unpaired) electrons. The lowest BCUT2D eigenvalue weighted by Gasteiger charge is -2.41. The lowest BCUT2D eigenvalue weighted by Crippen LogP contribution is -2.56. The molecule has 1 aliphatic carbocycles. The van der Waals surface area contributed by atoms with Crippen LogP contribution in [0.2, 0.25) is 0 Å². The summed E-state index contributed by atoms with van der Waals surface area (Å²) in [6, 6.07) is 10.6. The maximum Gasteiger partial charge on any atom is 0.329 e. The number of pyridine rings is 1. The largest absolute Gasteiger partial charge is 0.489 e. The molecule has 1 aromatic heterocycles. The zero-order chi connectivity index (χ0) is 19.3. The summed E-state index contributed by atoms with van der Waals surface area (Å²) in [6.07, 6.45) is 7.04. The van der Waals surface area contributed by atoms with Gasteiger partial charge in [-0.25, -0.2) is 4.79 Å². The predicted octanol–water partition coefficient (Wildman–Crippen LogP) is 3.52. The Morgan fingerprint density at radius 2 is 1.96 bits per heavy atom. The van der Waals surface area contributed by atoms with Crippen LogP contribution in [-0.4, -0.2) is 39.5 Å². The van der Waals surface area contributed by atoms with Gasteiger partial charge in [0.2, 0.25) is 0 Å². The predicted molar refractivity (Wildman–Crippen MR) is 101 cm³/mol. The molecule has 1 fully saturated rings. The van der Waals surface area contributed by atoms with Crippen LogP contribution in [0, 0.1) is 0 Å². The summed E-state index contributed by atoms with van der Waals surface area (Å²) in [5.41, 5.74) is 0.229. The average Bonchev–Trinajstić information content (AvgIpc) is 2.72. The first-order valence-corrected chi connectivity index (χ1v) is 9.16. The van der Waals surface area contributed by atoms with Crippen molar-refractivity contribution >= 4 is 11.9 Å². The number of carboxylic acid groups (broad SMARTS) is 1. The third-order valence-electron chi connectivity index (χ3n) is 5.23. The van der Waals surface area contributed by atoms with Crippen LogP contribution in [0.4, 0.5) is 0 Å². The van der Waals surface area contributed by atoms with E-state index in [0.717, 1.165) is 24.8 Å². The highest BCUT2D eigenvalue weighted by Crippen LogP contribution is 2.34. The van der Waals surface area contributed by atoms with Gasteiger partial charge in [-0.1, -0.05) is 31.4 Å². The molecule has 1 saturated carbocycles. The smallest absolute Gasteiger partial charge is 0.329 e. The lowest BCUT2D eigenvalue weighted by atomic mass is 9.80. The molecule has 1 heterocycles. The van der Waals surface area contributed by atoms with Gasteiger partial charge >= 0.3 is 5.97 Å². The van der Waals surface area contributed by atoms with Crippen LogP contribution < -0.4 is 4.74 Å². The third kappa shape index (κ3) is 4.10. The minimum atomic E-state index is -1.12. The number of carbonyl (C=O) groups is 2. The van der Waals surface area contributed by atoms with E-state index >= 15 is 0 Å². The van der Waals surface area contributed by atoms with Crippen molar-refractivity contribution < 1.29 is 19.4 Å². The van der Waals surface area contributed by atoms with Crippen LogP contribution in [0.1, 0.15) is 48.0 Å². The van der Waals surface area contributed by atoms with Crippen LogP contribution in [0.5, 0.6) is 5.75 Å². The Morgan fingerprint density at radius 3 is 2.63 bits per heavy atom. The molecule has 1 N–H and O–H groups in total. The fourth-order valence-corrected chi connectivity index (χ4v) is 3.59. The van der Waals surface area contributed by atoms with Gasteiger partial charge in [0, 0.05) is 30.6 Å². The maximum absolute atomic E-state index is 13.0. The summed E-state index contributed by atoms with van der Waals surface area (Å²) in [6.45, 7) is 0.348. The molecule has 0 aliphatic heterocycles. The second kappa shape index (κ2) is 8.20. The number of rotatable bonds is 6. The highest BCUT2D eigenvalue weighted by Gasteiger charge is 2.45. The number of likely N-dealkylation sites (N-methyl/N-ethyl adjacent to an activating group) is 1. The fourth-order valence-electron chi connectivity index (χ4n) is 3.59. The van der Waals surface area contributed by atoms with E-state index in [1.54, 1.807) is 43.7 Å². The number of carboxylic acids is 1. The van der Waals surface area contributed by atoms with Gasteiger partial charge in [-0.05, 0) is 37.1 Å². The Bertz CT molecular complexity index is 801. The van der Waals surface area contributed by atoms with E-state index in [9.17, 15) is 14.7 Å². The van der Waals surface area contributed by atoms with Crippen molar-refractivity contribution in [1.29, 1.82) is 0 Å². The van der Waals surface area contributed by atoms with Crippen LogP contribution >= 0.6 is 0 Å². The van der Waals surface area contributed by atoms with E-state index < -0.39 is 11.5 Å². The zero-order valence-corrected chi connectivity index (χ0v) is 15.4. The molecule has 1 aromatic carbocycles. The summed E-state index contributed by atoms with van der Waals surface area (Å²) in [4.78, 5) is 30.4. The summed E-state index contributed by atoms with van der Waals surface area (Å²) < 4.78 is 5.75. The van der Waals surface area contributed by atoms with Crippen LogP contribution in [-0.2, 0) is 11.4 Å². The molecular formula is C21H24N2O4. The number of aliphatic carboxylic acids is 1. The van der Waals surface area contributed by atoms with Gasteiger partial charge in [0.05, 0.1) is 0 Å². The number of benzene rings is 1. The molecule has 0 saturated heterocycles. The minimum absolute atomic E-state index is 0.300. The maximum atomic E-state index is 13.0. The molecule has 3 rings (SSSR count). The van der Waals surface area contributed by atoms with Gasteiger partial charge in [-0.3, -0.25) is 9.78 Å². The number of aromatic nitrogens is 1. The Hall–Kier alpha value is -2.89. The van der Waals surface area contributed by atoms with E-state index in [-0.39, 0.29) is 5.91 Å². The van der Waals surface area contributed by atoms with Gasteiger partial charge in [-0.15, -0.1) is 0 Å². The number of hydrogen-bond acceptors (Lipinski definition) is 4. The van der Waals surface area contributed by atoms with Gasteiger partial charge < -0.3 is 14.7 Å². The highest BCUT2D eigenvalue weighted by molar-refractivity contribution is 5.98. The highest BCUT2D eigenvalue weighted by atomic mass is 16.5. The van der Waals surface area contributed by atoms with Crippen molar-refractivity contribution in [2.24, 2.45) is 0 Å². The molecule has 0 spiro atoms. The molecule has 0 unspecified atom stereocenters. The molecule has 1 amide bonds. The van der Waals surface area contributed by atoms with E-state index in [2.05, 4.69) is 4.98 Å². The topological polar surface area (TPSA) is 79.7 Å². The Morgan fingerprint density at radius 1 is 1.19 bits per heavy atom. The Labute approximate surface area is 158 Å². The van der Waals surface area contributed by atoms with Crippen molar-refractivity contribution in [2.45, 2.75) is 44.2 Å². The fraction of sp³-hybridized carbons (Fsp3) is 0.381. The van der Waals surface area contributed by atoms with Gasteiger partial charge in [0.1, 0.15) is 17.9 Å². The first-order chi connectivity index (χ1) is 13.0. The molecule has 6 heteroatoms. The molecule has 27 heavy (non-hydrogen) atoms. The molecule has 142 valence electrons. The van der Waals surface area contributed by atoms with E-state index in [4.69, 9.17) is 4.74 Å². The first-order valence-electron chi connectivity index (χ1n) is 9.16. The van der Waals surface area contributed by atoms with Crippen molar-refractivity contribution in [3.63, 3.8) is 0 Å². The van der Waals surface area contributed by atoms with Crippen molar-refractivity contribution in [3.8, 4) is 5.75 Å². The zero-order valence-electron chi connectivity index (χ0n) is 15.4. The minimum Gasteiger partial charge on any atom is -0.489 e. The molecule has 1 aliphatic rings. The van der Waals surface area contributed by atoms with Crippen molar-refractivity contribution in [3.05, 3.63) is 59.9 Å². The SMILES string of the molecule is CN(C(=O)c1cccc(OCc2cccnc2)c1)C1(C(=O)O)CCCCC1. The Balaban J connectivity index is 1.75. The monoisotopic (exact) mass is 368 g/mol. The second-order valence-electron chi connectivity index (χ2n) is 6.94. The quantitative estimate of drug-likeness (QED) is 0.844. The van der Waals surface area contributed by atoms with Crippen LogP contribution in [0.15, 0.2) is 48.8 Å². The summed E-state index contributed by atoms with van der Waals surface area (Å²) in [5.74, 6) is -0.667. The second-order valence-corrected chi connectivity index (χ2v) is 6.94. The molecule has 0 atom stereocenters. The average molecular weight is 368 g/mol. The third-order valence-corrected chi connectivity index (χ3v) is 5.23.